The van der Waals surface area contributed by atoms with E-state index in [0.29, 0.717) is 17.0 Å². The molecular weight excluding hydrogens is 306 g/mol. The van der Waals surface area contributed by atoms with Crippen molar-refractivity contribution in [3.8, 4) is 5.75 Å². The summed E-state index contributed by atoms with van der Waals surface area (Å²) in [5.74, 6) is 0.220. The molecule has 0 saturated carbocycles. The molecule has 0 fully saturated rings. The second-order valence-electron chi connectivity index (χ2n) is 5.83. The highest BCUT2D eigenvalue weighted by Crippen LogP contribution is 2.34. The Labute approximate surface area is 140 Å². The van der Waals surface area contributed by atoms with Crippen LogP contribution in [0.5, 0.6) is 5.75 Å². The van der Waals surface area contributed by atoms with Crippen molar-refractivity contribution in [1.82, 2.24) is 9.99 Å². The Morgan fingerprint density at radius 2 is 2.08 bits per heavy atom. The van der Waals surface area contributed by atoms with E-state index in [0.717, 1.165) is 10.6 Å². The van der Waals surface area contributed by atoms with E-state index in [9.17, 15) is 9.90 Å². The molecule has 6 nitrogen and oxygen atoms in total. The van der Waals surface area contributed by atoms with Gasteiger partial charge in [-0.15, -0.1) is 0 Å². The average Bonchev–Trinajstić information content (AvgIpc) is 2.90. The number of amides is 1. The summed E-state index contributed by atoms with van der Waals surface area (Å²) in [5.41, 5.74) is 0.610. The number of carbonyl (C=O) groups is 1. The number of aromatic nitrogens is 1. The molecule has 24 heavy (non-hydrogen) atoms. The zero-order valence-electron chi connectivity index (χ0n) is 13.6. The van der Waals surface area contributed by atoms with E-state index in [4.69, 9.17) is 4.74 Å². The number of carbonyl (C=O) groups excluding carboxylic acids is 1. The van der Waals surface area contributed by atoms with Crippen LogP contribution in [0.3, 0.4) is 0 Å². The van der Waals surface area contributed by atoms with Gasteiger partial charge in [-0.25, -0.2) is 0 Å². The molecular formula is C18H19N3O3. The van der Waals surface area contributed by atoms with Crippen molar-refractivity contribution < 1.29 is 14.6 Å². The highest BCUT2D eigenvalue weighted by atomic mass is 16.5. The van der Waals surface area contributed by atoms with Crippen LogP contribution in [-0.2, 0) is 10.5 Å². The lowest BCUT2D eigenvalue weighted by Gasteiger charge is -2.31. The van der Waals surface area contributed by atoms with Crippen LogP contribution in [0, 0.1) is 6.92 Å². The van der Waals surface area contributed by atoms with Crippen LogP contribution in [0.1, 0.15) is 24.5 Å². The molecule has 3 rings (SSSR count). The summed E-state index contributed by atoms with van der Waals surface area (Å²) >= 11 is 0. The van der Waals surface area contributed by atoms with Crippen LogP contribution < -0.4 is 4.74 Å². The molecule has 124 valence electrons. The van der Waals surface area contributed by atoms with Gasteiger partial charge in [0, 0.05) is 30.1 Å². The Balaban J connectivity index is 1.78. The zero-order chi connectivity index (χ0) is 17.2. The van der Waals surface area contributed by atoms with Crippen molar-refractivity contribution in [1.29, 1.82) is 0 Å². The largest absolute Gasteiger partial charge is 0.483 e. The van der Waals surface area contributed by atoms with Gasteiger partial charge in [0.15, 0.2) is 12.3 Å². The molecule has 1 N–H and O–H groups in total. The van der Waals surface area contributed by atoms with E-state index < -0.39 is 11.6 Å². The van der Waals surface area contributed by atoms with Gasteiger partial charge in [-0.2, -0.15) is 10.1 Å². The minimum Gasteiger partial charge on any atom is -0.483 e. The van der Waals surface area contributed by atoms with Gasteiger partial charge in [0.05, 0.1) is 0 Å². The fourth-order valence-electron chi connectivity index (χ4n) is 2.73. The number of nitrogens with zero attached hydrogens (tertiary/aromatic N) is 3. The summed E-state index contributed by atoms with van der Waals surface area (Å²) in [6.45, 7) is 3.48. The van der Waals surface area contributed by atoms with E-state index >= 15 is 0 Å². The van der Waals surface area contributed by atoms with E-state index in [2.05, 4.69) is 10.1 Å². The molecule has 1 amide bonds. The maximum atomic E-state index is 12.6. The molecule has 0 spiro atoms. The first kappa shape index (κ1) is 16.1. The number of aryl methyl sites for hydroxylation is 1. The first-order valence-electron chi connectivity index (χ1n) is 7.69. The molecule has 1 aliphatic rings. The Bertz CT molecular complexity index is 776. The van der Waals surface area contributed by atoms with E-state index in [1.165, 1.54) is 6.20 Å². The van der Waals surface area contributed by atoms with Gasteiger partial charge in [0.2, 0.25) is 0 Å². The van der Waals surface area contributed by atoms with E-state index in [1.807, 2.05) is 25.1 Å². The zero-order valence-corrected chi connectivity index (χ0v) is 13.6. The lowest BCUT2D eigenvalue weighted by molar-refractivity contribution is -0.159. The third kappa shape index (κ3) is 3.00. The van der Waals surface area contributed by atoms with Gasteiger partial charge >= 0.3 is 0 Å². The number of ether oxygens (including phenoxy) is 1. The third-order valence-corrected chi connectivity index (χ3v) is 3.93. The van der Waals surface area contributed by atoms with E-state index in [1.54, 1.807) is 31.3 Å². The molecule has 6 heteroatoms. The predicted molar refractivity (Wildman–Crippen MR) is 89.4 cm³/mol. The SMILES string of the molecule is CC1=NN(C(=O)COc2ccccc2C)[C@@](O)(c2cccnc2)C1. The summed E-state index contributed by atoms with van der Waals surface area (Å²) < 4.78 is 5.59. The quantitative estimate of drug-likeness (QED) is 0.935. The molecule has 0 bridgehead atoms. The number of hydrogen-bond donors (Lipinski definition) is 1. The summed E-state index contributed by atoms with van der Waals surface area (Å²) in [4.78, 5) is 16.6. The van der Waals surface area contributed by atoms with Crippen LogP contribution in [0.15, 0.2) is 53.9 Å². The predicted octanol–water partition coefficient (Wildman–Crippen LogP) is 2.22. The average molecular weight is 325 g/mol. The van der Waals surface area contributed by atoms with Crippen LogP contribution in [-0.4, -0.2) is 33.3 Å². The molecule has 2 heterocycles. The van der Waals surface area contributed by atoms with Gasteiger partial charge in [-0.3, -0.25) is 9.78 Å². The van der Waals surface area contributed by atoms with Crippen molar-refractivity contribution in [3.63, 3.8) is 0 Å². The van der Waals surface area contributed by atoms with Crippen molar-refractivity contribution >= 4 is 11.6 Å². The lowest BCUT2D eigenvalue weighted by Crippen LogP contribution is -2.45. The lowest BCUT2D eigenvalue weighted by atomic mass is 9.99. The van der Waals surface area contributed by atoms with Crippen LogP contribution in [0.2, 0.25) is 0 Å². The highest BCUT2D eigenvalue weighted by molar-refractivity contribution is 5.89. The van der Waals surface area contributed by atoms with Crippen molar-refractivity contribution in [2.45, 2.75) is 26.0 Å². The first-order chi connectivity index (χ1) is 11.5. The number of hydrazone groups is 1. The number of pyridine rings is 1. The third-order valence-electron chi connectivity index (χ3n) is 3.93. The molecule has 0 saturated heterocycles. The molecule has 1 aromatic carbocycles. The van der Waals surface area contributed by atoms with Gasteiger partial charge in [0.1, 0.15) is 5.75 Å². The molecule has 1 aromatic heterocycles. The van der Waals surface area contributed by atoms with Gasteiger partial charge in [-0.05, 0) is 31.5 Å². The number of para-hydroxylation sites is 1. The topological polar surface area (TPSA) is 75.0 Å². The number of aliphatic hydroxyl groups is 1. The Morgan fingerprint density at radius 3 is 2.79 bits per heavy atom. The summed E-state index contributed by atoms with van der Waals surface area (Å²) in [5, 5.41) is 16.3. The fraction of sp³-hybridized carbons (Fsp3) is 0.278. The smallest absolute Gasteiger partial charge is 0.283 e. The van der Waals surface area contributed by atoms with E-state index in [-0.39, 0.29) is 13.0 Å². The second kappa shape index (κ2) is 6.41. The standard InChI is InChI=1S/C18H19N3O3/c1-13-6-3-4-8-16(13)24-12-17(22)21-18(23,10-14(2)20-21)15-7-5-9-19-11-15/h3-9,11,23H,10,12H2,1-2H3/t18-/m0/s1. The first-order valence-corrected chi connectivity index (χ1v) is 7.69. The minimum absolute atomic E-state index is 0.204. The van der Waals surface area contributed by atoms with Gasteiger partial charge in [0.25, 0.3) is 5.91 Å². The monoisotopic (exact) mass is 325 g/mol. The van der Waals surface area contributed by atoms with Crippen LogP contribution >= 0.6 is 0 Å². The van der Waals surface area contributed by atoms with Crippen molar-refractivity contribution in [2.24, 2.45) is 5.10 Å². The second-order valence-corrected chi connectivity index (χ2v) is 5.83. The Morgan fingerprint density at radius 1 is 1.29 bits per heavy atom. The van der Waals surface area contributed by atoms with Gasteiger partial charge in [-0.1, -0.05) is 24.3 Å². The van der Waals surface area contributed by atoms with Crippen LogP contribution in [0.4, 0.5) is 0 Å². The number of rotatable bonds is 4. The normalized spacial score (nSPS) is 20.0. The molecule has 1 atom stereocenters. The van der Waals surface area contributed by atoms with Crippen molar-refractivity contribution in [3.05, 3.63) is 59.9 Å². The number of benzene rings is 1. The summed E-state index contributed by atoms with van der Waals surface area (Å²) in [7, 11) is 0. The van der Waals surface area contributed by atoms with Crippen LogP contribution in [0.25, 0.3) is 0 Å². The number of hydrogen-bond acceptors (Lipinski definition) is 5. The van der Waals surface area contributed by atoms with Gasteiger partial charge < -0.3 is 9.84 Å². The maximum absolute atomic E-state index is 12.6. The molecule has 0 aliphatic carbocycles. The molecule has 0 radical (unpaired) electrons. The Hall–Kier alpha value is -2.73. The summed E-state index contributed by atoms with van der Waals surface area (Å²) in [6, 6.07) is 10.9. The molecule has 0 unspecified atom stereocenters. The molecule has 2 aromatic rings. The summed E-state index contributed by atoms with van der Waals surface area (Å²) in [6.07, 6.45) is 3.40. The minimum atomic E-state index is -1.52. The van der Waals surface area contributed by atoms with Crippen molar-refractivity contribution in [2.75, 3.05) is 6.61 Å². The maximum Gasteiger partial charge on any atom is 0.283 e. The Kier molecular flexibility index (Phi) is 4.31. The fourth-order valence-corrected chi connectivity index (χ4v) is 2.73. The highest BCUT2D eigenvalue weighted by Gasteiger charge is 2.45. The molecule has 1 aliphatic heterocycles.